The second-order valence-electron chi connectivity index (χ2n) is 1.71. The van der Waals surface area contributed by atoms with Crippen LogP contribution in [0.15, 0.2) is 18.3 Å². The number of hydrogen-bond acceptors (Lipinski definition) is 2. The van der Waals surface area contributed by atoms with Crippen molar-refractivity contribution in [2.45, 2.75) is 0 Å². The van der Waals surface area contributed by atoms with Gasteiger partial charge in [-0.25, -0.2) is 4.79 Å². The summed E-state index contributed by atoms with van der Waals surface area (Å²) >= 11 is 0. The van der Waals surface area contributed by atoms with E-state index in [2.05, 4.69) is 0 Å². The molecule has 0 atom stereocenters. The second kappa shape index (κ2) is 2.34. The number of aromatic carboxylic acids is 1. The third-order valence-corrected chi connectivity index (χ3v) is 1.11. The number of carboxylic acids is 1. The number of carbonyl (C=O) groups is 2. The maximum absolute atomic E-state index is 10.3. The highest BCUT2D eigenvalue weighted by atomic mass is 16.4. The Kier molecular flexibility index (Phi) is 1.53. The Morgan fingerprint density at radius 3 is 2.80 bits per heavy atom. The number of hydrogen-bond donors (Lipinski definition) is 1. The molecule has 1 aromatic heterocycles. The predicted molar refractivity (Wildman–Crippen MR) is 33.5 cm³/mol. The van der Waals surface area contributed by atoms with E-state index < -0.39 is 5.97 Å². The summed E-state index contributed by atoms with van der Waals surface area (Å²) in [5.41, 5.74) is -0.0185. The molecule has 4 heteroatoms. The topological polar surface area (TPSA) is 59.3 Å². The standard InChI is InChI=1S/C6H5NO3/c8-4-7-3-1-2-5(7)6(9)10/h1-4H,(H,9,10). The van der Waals surface area contributed by atoms with Crippen LogP contribution in [0.4, 0.5) is 0 Å². The van der Waals surface area contributed by atoms with Gasteiger partial charge < -0.3 is 5.11 Å². The van der Waals surface area contributed by atoms with Gasteiger partial charge in [0.15, 0.2) is 0 Å². The number of nitrogens with zero attached hydrogens (tertiary/aromatic N) is 1. The Hall–Kier alpha value is -1.58. The van der Waals surface area contributed by atoms with Gasteiger partial charge in [0.25, 0.3) is 0 Å². The van der Waals surface area contributed by atoms with E-state index in [1.165, 1.54) is 18.3 Å². The van der Waals surface area contributed by atoms with Crippen LogP contribution < -0.4 is 0 Å². The number of carbonyl (C=O) groups excluding carboxylic acids is 1. The van der Waals surface area contributed by atoms with Gasteiger partial charge in [0, 0.05) is 6.20 Å². The highest BCUT2D eigenvalue weighted by Gasteiger charge is 2.05. The van der Waals surface area contributed by atoms with Crippen molar-refractivity contribution in [1.82, 2.24) is 4.57 Å². The van der Waals surface area contributed by atoms with Crippen LogP contribution in [0.5, 0.6) is 0 Å². The summed E-state index contributed by atoms with van der Waals surface area (Å²) in [4.78, 5) is 20.4. The van der Waals surface area contributed by atoms with E-state index in [0.29, 0.717) is 6.41 Å². The zero-order valence-electron chi connectivity index (χ0n) is 5.02. The lowest BCUT2D eigenvalue weighted by atomic mass is 10.4. The smallest absolute Gasteiger partial charge is 0.352 e. The van der Waals surface area contributed by atoms with Crippen LogP contribution in [0.1, 0.15) is 10.5 Å². The summed E-state index contributed by atoms with van der Waals surface area (Å²) in [6.07, 6.45) is 1.83. The second-order valence-corrected chi connectivity index (χ2v) is 1.71. The van der Waals surface area contributed by atoms with E-state index in [1.54, 1.807) is 0 Å². The molecule has 0 aliphatic rings. The zero-order valence-corrected chi connectivity index (χ0v) is 5.02. The molecule has 0 amide bonds. The van der Waals surface area contributed by atoms with Gasteiger partial charge in [0.2, 0.25) is 6.41 Å². The van der Waals surface area contributed by atoms with E-state index in [4.69, 9.17) is 5.11 Å². The number of carboxylic acid groups (broad SMARTS) is 1. The molecule has 52 valence electrons. The third-order valence-electron chi connectivity index (χ3n) is 1.11. The Morgan fingerprint density at radius 2 is 2.40 bits per heavy atom. The van der Waals surface area contributed by atoms with Crippen molar-refractivity contribution in [3.8, 4) is 0 Å². The van der Waals surface area contributed by atoms with Crippen LogP contribution in [0, 0.1) is 0 Å². The minimum atomic E-state index is -1.10. The number of rotatable bonds is 2. The lowest BCUT2D eigenvalue weighted by Crippen LogP contribution is -2.05. The summed E-state index contributed by atoms with van der Waals surface area (Å²) in [7, 11) is 0. The van der Waals surface area contributed by atoms with Gasteiger partial charge >= 0.3 is 5.97 Å². The van der Waals surface area contributed by atoms with E-state index in [-0.39, 0.29) is 5.69 Å². The van der Waals surface area contributed by atoms with E-state index in [0.717, 1.165) is 4.57 Å². The summed E-state index contributed by atoms with van der Waals surface area (Å²) in [5.74, 6) is -1.10. The van der Waals surface area contributed by atoms with Gasteiger partial charge in [-0.05, 0) is 12.1 Å². The van der Waals surface area contributed by atoms with Crippen molar-refractivity contribution in [2.75, 3.05) is 0 Å². The van der Waals surface area contributed by atoms with Crippen molar-refractivity contribution in [3.05, 3.63) is 24.0 Å². The van der Waals surface area contributed by atoms with Gasteiger partial charge in [-0.1, -0.05) is 0 Å². The Bertz CT molecular complexity index is 264. The number of aromatic nitrogens is 1. The fourth-order valence-electron chi connectivity index (χ4n) is 0.667. The van der Waals surface area contributed by atoms with Crippen LogP contribution in [0.3, 0.4) is 0 Å². The van der Waals surface area contributed by atoms with Gasteiger partial charge in [-0.15, -0.1) is 0 Å². The zero-order chi connectivity index (χ0) is 7.56. The van der Waals surface area contributed by atoms with E-state index in [1.807, 2.05) is 0 Å². The lowest BCUT2D eigenvalue weighted by Gasteiger charge is -1.91. The van der Waals surface area contributed by atoms with Gasteiger partial charge in [-0.2, -0.15) is 0 Å². The lowest BCUT2D eigenvalue weighted by molar-refractivity contribution is 0.0689. The van der Waals surface area contributed by atoms with Crippen LogP contribution >= 0.6 is 0 Å². The monoisotopic (exact) mass is 139 g/mol. The summed E-state index contributed by atoms with van der Waals surface area (Å²) < 4.78 is 1.00. The van der Waals surface area contributed by atoms with E-state index in [9.17, 15) is 9.59 Å². The molecule has 1 N–H and O–H groups in total. The molecular formula is C6H5NO3. The summed E-state index contributed by atoms with van der Waals surface area (Å²) in [5, 5.41) is 8.41. The summed E-state index contributed by atoms with van der Waals surface area (Å²) in [6.45, 7) is 0. The molecule has 1 heterocycles. The van der Waals surface area contributed by atoms with Gasteiger partial charge in [-0.3, -0.25) is 9.36 Å². The first kappa shape index (κ1) is 6.54. The van der Waals surface area contributed by atoms with Gasteiger partial charge in [0.1, 0.15) is 5.69 Å². The molecule has 4 nitrogen and oxygen atoms in total. The molecule has 0 saturated heterocycles. The van der Waals surface area contributed by atoms with Crippen molar-refractivity contribution in [3.63, 3.8) is 0 Å². The molecular weight excluding hydrogens is 134 g/mol. The Morgan fingerprint density at radius 1 is 1.70 bits per heavy atom. The molecule has 10 heavy (non-hydrogen) atoms. The highest BCUT2D eigenvalue weighted by Crippen LogP contribution is 1.97. The van der Waals surface area contributed by atoms with Gasteiger partial charge in [0.05, 0.1) is 0 Å². The van der Waals surface area contributed by atoms with Crippen molar-refractivity contribution in [2.24, 2.45) is 0 Å². The molecule has 0 bridgehead atoms. The van der Waals surface area contributed by atoms with E-state index >= 15 is 0 Å². The van der Waals surface area contributed by atoms with Crippen molar-refractivity contribution < 1.29 is 14.7 Å². The average Bonchev–Trinajstić information content (AvgIpc) is 2.33. The fraction of sp³-hybridized carbons (Fsp3) is 0. The van der Waals surface area contributed by atoms with Crippen LogP contribution in [-0.4, -0.2) is 22.1 Å². The van der Waals surface area contributed by atoms with Crippen LogP contribution in [0.25, 0.3) is 0 Å². The maximum Gasteiger partial charge on any atom is 0.352 e. The third kappa shape index (κ3) is 0.907. The normalized spacial score (nSPS) is 9.20. The molecule has 0 spiro atoms. The molecule has 0 aliphatic carbocycles. The molecule has 0 saturated carbocycles. The molecule has 0 aromatic carbocycles. The first-order valence-corrected chi connectivity index (χ1v) is 2.61. The van der Waals surface area contributed by atoms with Crippen molar-refractivity contribution >= 4 is 12.4 Å². The minimum Gasteiger partial charge on any atom is -0.477 e. The SMILES string of the molecule is O=Cn1cccc1C(=O)O. The molecule has 0 radical (unpaired) electrons. The fourth-order valence-corrected chi connectivity index (χ4v) is 0.667. The van der Waals surface area contributed by atoms with Crippen molar-refractivity contribution in [1.29, 1.82) is 0 Å². The quantitative estimate of drug-likeness (QED) is 0.596. The first-order chi connectivity index (χ1) is 4.75. The maximum atomic E-state index is 10.3. The molecule has 0 aliphatic heterocycles. The first-order valence-electron chi connectivity index (χ1n) is 2.61. The Labute approximate surface area is 56.7 Å². The molecule has 1 aromatic rings. The van der Waals surface area contributed by atoms with Crippen LogP contribution in [0.2, 0.25) is 0 Å². The molecule has 1 rings (SSSR count). The minimum absolute atomic E-state index is 0.0185. The van der Waals surface area contributed by atoms with Crippen LogP contribution in [-0.2, 0) is 4.79 Å². The summed E-state index contributed by atoms with van der Waals surface area (Å²) in [6, 6.07) is 2.86. The molecule has 0 unspecified atom stereocenters. The predicted octanol–water partition coefficient (Wildman–Crippen LogP) is 0.225. The largest absolute Gasteiger partial charge is 0.477 e. The average molecular weight is 139 g/mol. The Balaban J connectivity index is 3.13. The highest BCUT2D eigenvalue weighted by molar-refractivity contribution is 5.88. The molecule has 0 fully saturated rings.